The summed E-state index contributed by atoms with van der Waals surface area (Å²) in [7, 11) is -4.08. The van der Waals surface area contributed by atoms with Crippen molar-refractivity contribution in [1.29, 1.82) is 0 Å². The van der Waals surface area contributed by atoms with Gasteiger partial charge in [-0.15, -0.1) is 0 Å². The normalized spacial score (nSPS) is 13.8. The van der Waals surface area contributed by atoms with E-state index in [0.717, 1.165) is 0 Å². The van der Waals surface area contributed by atoms with E-state index in [-0.39, 0.29) is 12.5 Å². The van der Waals surface area contributed by atoms with E-state index in [9.17, 15) is 4.57 Å². The Bertz CT molecular complexity index is 363. The molecule has 5 N–H and O–H groups in total. The first-order valence-corrected chi connectivity index (χ1v) is 5.93. The minimum Gasteiger partial charge on any atom is -0.368 e. The van der Waals surface area contributed by atoms with Crippen LogP contribution in [0.4, 0.5) is 5.95 Å². The zero-order valence-electron chi connectivity index (χ0n) is 8.16. The number of nitrogens with one attached hydrogen (secondary N) is 1. The molecule has 1 unspecified atom stereocenters. The number of hydrogen-bond acceptors (Lipinski definition) is 5. The van der Waals surface area contributed by atoms with Crippen molar-refractivity contribution < 1.29 is 14.4 Å². The van der Waals surface area contributed by atoms with Crippen LogP contribution in [-0.4, -0.2) is 25.5 Å². The molecule has 7 nitrogen and oxygen atoms in total. The van der Waals surface area contributed by atoms with Crippen LogP contribution in [0.15, 0.2) is 12.4 Å². The molecule has 0 bridgehead atoms. The molecule has 15 heavy (non-hydrogen) atoms. The van der Waals surface area contributed by atoms with Crippen LogP contribution in [-0.2, 0) is 11.1 Å². The Kier molecular flexibility index (Phi) is 3.76. The Balaban J connectivity index is 2.51. The van der Waals surface area contributed by atoms with Gasteiger partial charge in [-0.05, 0) is 6.92 Å². The van der Waals surface area contributed by atoms with E-state index in [0.29, 0.717) is 5.56 Å². The Hall–Kier alpha value is -1.01. The van der Waals surface area contributed by atoms with E-state index in [4.69, 9.17) is 15.5 Å². The highest BCUT2D eigenvalue weighted by Crippen LogP contribution is 2.39. The van der Waals surface area contributed by atoms with Gasteiger partial charge in [-0.3, -0.25) is 9.88 Å². The summed E-state index contributed by atoms with van der Waals surface area (Å²) in [6.07, 6.45) is 3.00. The summed E-state index contributed by atoms with van der Waals surface area (Å²) in [6.45, 7) is 1.70. The Morgan fingerprint density at radius 3 is 2.53 bits per heavy atom. The molecule has 0 saturated carbocycles. The minimum atomic E-state index is -4.08. The molecule has 1 aromatic heterocycles. The van der Waals surface area contributed by atoms with Crippen LogP contribution in [0, 0.1) is 0 Å². The van der Waals surface area contributed by atoms with Crippen molar-refractivity contribution in [2.24, 2.45) is 0 Å². The molecule has 1 atom stereocenters. The van der Waals surface area contributed by atoms with Gasteiger partial charge in [-0.2, -0.15) is 0 Å². The van der Waals surface area contributed by atoms with Gasteiger partial charge in [0.15, 0.2) is 0 Å². The summed E-state index contributed by atoms with van der Waals surface area (Å²) in [5, 5.41) is 2.67. The highest BCUT2D eigenvalue weighted by atomic mass is 31.2. The molecule has 0 amide bonds. The van der Waals surface area contributed by atoms with Gasteiger partial charge in [0.2, 0.25) is 5.95 Å². The zero-order valence-corrected chi connectivity index (χ0v) is 9.06. The molecule has 0 spiro atoms. The Labute approximate surface area is 86.9 Å². The van der Waals surface area contributed by atoms with Crippen molar-refractivity contribution in [1.82, 2.24) is 15.3 Å². The maximum absolute atomic E-state index is 10.8. The molecule has 0 aliphatic heterocycles. The van der Waals surface area contributed by atoms with E-state index in [1.165, 1.54) is 19.3 Å². The smallest absolute Gasteiger partial charge is 0.342 e. The third-order valence-electron chi connectivity index (χ3n) is 1.83. The number of aromatic nitrogens is 2. The van der Waals surface area contributed by atoms with Gasteiger partial charge in [0, 0.05) is 24.5 Å². The van der Waals surface area contributed by atoms with Crippen molar-refractivity contribution in [3.05, 3.63) is 18.0 Å². The lowest BCUT2D eigenvalue weighted by atomic mass is 10.3. The quantitative estimate of drug-likeness (QED) is 0.524. The predicted octanol–water partition coefficient (Wildman–Crippen LogP) is -0.328. The lowest BCUT2D eigenvalue weighted by Gasteiger charge is -2.14. The Morgan fingerprint density at radius 1 is 1.53 bits per heavy atom. The molecule has 84 valence electrons. The molecular formula is C7H13N4O3P. The fourth-order valence-corrected chi connectivity index (χ4v) is 1.17. The molecule has 0 fully saturated rings. The number of nitrogen functional groups attached to an aromatic ring is 1. The molecule has 0 saturated heterocycles. The van der Waals surface area contributed by atoms with Gasteiger partial charge in [0.1, 0.15) is 5.78 Å². The maximum Gasteiger partial charge on any atom is 0.342 e. The first kappa shape index (κ1) is 12.1. The second-order valence-corrected chi connectivity index (χ2v) is 5.05. The monoisotopic (exact) mass is 232 g/mol. The number of hydrogen-bond donors (Lipinski definition) is 4. The second kappa shape index (κ2) is 4.67. The fraction of sp³-hybridized carbons (Fsp3) is 0.429. The van der Waals surface area contributed by atoms with Gasteiger partial charge in [-0.25, -0.2) is 9.97 Å². The van der Waals surface area contributed by atoms with Crippen molar-refractivity contribution in [3.8, 4) is 0 Å². The van der Waals surface area contributed by atoms with Crippen LogP contribution in [0.2, 0.25) is 0 Å². The highest BCUT2D eigenvalue weighted by molar-refractivity contribution is 7.52. The van der Waals surface area contributed by atoms with E-state index < -0.39 is 13.4 Å². The molecule has 0 aliphatic carbocycles. The summed E-state index contributed by atoms with van der Waals surface area (Å²) in [6, 6.07) is 0. The standard InChI is InChI=1S/C7H13N4O3P/c1-5(15(12,13)14)9-2-6-3-10-7(8)11-4-6/h3-5,9H,2H2,1H3,(H2,8,10,11)(H2,12,13,14). The summed E-state index contributed by atoms with van der Waals surface area (Å²) in [5.41, 5.74) is 6.00. The van der Waals surface area contributed by atoms with Gasteiger partial charge < -0.3 is 15.5 Å². The third kappa shape index (κ3) is 3.93. The number of anilines is 1. The topological polar surface area (TPSA) is 121 Å². The molecule has 1 heterocycles. The summed E-state index contributed by atoms with van der Waals surface area (Å²) >= 11 is 0. The van der Waals surface area contributed by atoms with E-state index >= 15 is 0 Å². The lowest BCUT2D eigenvalue weighted by Crippen LogP contribution is -2.25. The van der Waals surface area contributed by atoms with Crippen molar-refractivity contribution in [2.45, 2.75) is 19.3 Å². The fourth-order valence-electron chi connectivity index (χ4n) is 0.841. The van der Waals surface area contributed by atoms with Crippen LogP contribution in [0.1, 0.15) is 12.5 Å². The first-order valence-electron chi connectivity index (χ1n) is 4.24. The van der Waals surface area contributed by atoms with Gasteiger partial charge in [0.25, 0.3) is 0 Å². The lowest BCUT2D eigenvalue weighted by molar-refractivity contribution is 0.350. The van der Waals surface area contributed by atoms with Crippen LogP contribution >= 0.6 is 7.60 Å². The minimum absolute atomic E-state index is 0.168. The largest absolute Gasteiger partial charge is 0.368 e. The average molecular weight is 232 g/mol. The third-order valence-corrected chi connectivity index (χ3v) is 3.02. The zero-order chi connectivity index (χ0) is 11.5. The highest BCUT2D eigenvalue weighted by Gasteiger charge is 2.22. The summed E-state index contributed by atoms with van der Waals surface area (Å²) in [5.74, 6) is -0.725. The van der Waals surface area contributed by atoms with E-state index in [2.05, 4.69) is 15.3 Å². The van der Waals surface area contributed by atoms with Crippen molar-refractivity contribution in [3.63, 3.8) is 0 Å². The molecular weight excluding hydrogens is 219 g/mol. The molecule has 0 radical (unpaired) electrons. The summed E-state index contributed by atoms with van der Waals surface area (Å²) in [4.78, 5) is 25.1. The van der Waals surface area contributed by atoms with Crippen LogP contribution in [0.25, 0.3) is 0 Å². The molecule has 0 aromatic carbocycles. The Morgan fingerprint density at radius 2 is 2.07 bits per heavy atom. The number of nitrogens with two attached hydrogens (primary N) is 1. The summed E-state index contributed by atoms with van der Waals surface area (Å²) < 4.78 is 10.8. The van der Waals surface area contributed by atoms with Crippen LogP contribution < -0.4 is 11.1 Å². The maximum atomic E-state index is 10.8. The molecule has 0 aliphatic rings. The second-order valence-electron chi connectivity index (χ2n) is 3.10. The predicted molar refractivity (Wildman–Crippen MR) is 54.8 cm³/mol. The van der Waals surface area contributed by atoms with Crippen molar-refractivity contribution in [2.75, 3.05) is 5.73 Å². The average Bonchev–Trinajstić information content (AvgIpc) is 2.15. The van der Waals surface area contributed by atoms with Crippen LogP contribution in [0.5, 0.6) is 0 Å². The molecule has 1 rings (SSSR count). The van der Waals surface area contributed by atoms with E-state index in [1.54, 1.807) is 0 Å². The number of nitrogens with zero attached hydrogens (tertiary/aromatic N) is 2. The van der Waals surface area contributed by atoms with Crippen LogP contribution in [0.3, 0.4) is 0 Å². The van der Waals surface area contributed by atoms with Crippen molar-refractivity contribution >= 4 is 13.5 Å². The SMILES string of the molecule is CC(NCc1cnc(N)nc1)P(=O)(O)O. The number of rotatable bonds is 4. The van der Waals surface area contributed by atoms with Gasteiger partial charge in [-0.1, -0.05) is 0 Å². The van der Waals surface area contributed by atoms with Gasteiger partial charge >= 0.3 is 7.60 Å². The first-order chi connectivity index (χ1) is 6.89. The van der Waals surface area contributed by atoms with E-state index in [1.807, 2.05) is 0 Å². The molecule has 1 aromatic rings. The molecule has 8 heteroatoms. The van der Waals surface area contributed by atoms with Gasteiger partial charge in [0.05, 0.1) is 0 Å².